The van der Waals surface area contributed by atoms with Gasteiger partial charge in [-0.1, -0.05) is 17.7 Å². The summed E-state index contributed by atoms with van der Waals surface area (Å²) in [6, 6.07) is 5.95. The number of aryl methyl sites for hydroxylation is 3. The summed E-state index contributed by atoms with van der Waals surface area (Å²) in [7, 11) is 0. The van der Waals surface area contributed by atoms with Gasteiger partial charge in [0.2, 0.25) is 5.95 Å². The van der Waals surface area contributed by atoms with Crippen LogP contribution in [0.2, 0.25) is 5.02 Å². The van der Waals surface area contributed by atoms with E-state index in [1.807, 2.05) is 32.9 Å². The Labute approximate surface area is 147 Å². The first-order valence-corrected chi connectivity index (χ1v) is 8.64. The maximum absolute atomic E-state index is 6.37. The molecule has 0 bridgehead atoms. The summed E-state index contributed by atoms with van der Waals surface area (Å²) in [4.78, 5) is 8.99. The van der Waals surface area contributed by atoms with Crippen molar-refractivity contribution in [2.24, 2.45) is 0 Å². The van der Waals surface area contributed by atoms with E-state index in [0.717, 1.165) is 54.3 Å². The molecule has 1 aliphatic heterocycles. The highest BCUT2D eigenvalue weighted by atomic mass is 35.5. The molecule has 2 N–H and O–H groups in total. The third kappa shape index (κ3) is 4.16. The largest absolute Gasteiger partial charge is 0.376 e. The van der Waals surface area contributed by atoms with Crippen molar-refractivity contribution in [3.8, 4) is 0 Å². The number of hydrogen-bond donors (Lipinski definition) is 2. The number of aromatic nitrogens is 2. The third-order valence-corrected chi connectivity index (χ3v) is 4.35. The SMILES string of the molecule is Cc1cc(C)c(Nc2cc(C)nc(NCC3CCCO3)n2)c(Cl)c1. The van der Waals surface area contributed by atoms with E-state index in [0.29, 0.717) is 11.0 Å². The molecule has 0 spiro atoms. The quantitative estimate of drug-likeness (QED) is 0.840. The highest BCUT2D eigenvalue weighted by Gasteiger charge is 2.16. The summed E-state index contributed by atoms with van der Waals surface area (Å²) >= 11 is 6.37. The van der Waals surface area contributed by atoms with Crippen LogP contribution in [-0.4, -0.2) is 29.2 Å². The second-order valence-electron chi connectivity index (χ2n) is 6.30. The fourth-order valence-electron chi connectivity index (χ4n) is 2.92. The summed E-state index contributed by atoms with van der Waals surface area (Å²) in [5.41, 5.74) is 4.00. The Balaban J connectivity index is 1.76. The number of ether oxygens (including phenoxy) is 1. The van der Waals surface area contributed by atoms with Gasteiger partial charge < -0.3 is 15.4 Å². The molecule has 0 amide bonds. The Hall–Kier alpha value is -1.85. The first-order chi connectivity index (χ1) is 11.5. The van der Waals surface area contributed by atoms with Crippen molar-refractivity contribution in [3.05, 3.63) is 40.0 Å². The molecular formula is C18H23ClN4O. The highest BCUT2D eigenvalue weighted by Crippen LogP contribution is 2.30. The minimum absolute atomic E-state index is 0.249. The molecule has 6 heteroatoms. The van der Waals surface area contributed by atoms with Gasteiger partial charge >= 0.3 is 0 Å². The zero-order valence-corrected chi connectivity index (χ0v) is 15.1. The fourth-order valence-corrected chi connectivity index (χ4v) is 3.29. The van der Waals surface area contributed by atoms with Crippen LogP contribution in [-0.2, 0) is 4.74 Å². The maximum Gasteiger partial charge on any atom is 0.224 e. The molecule has 1 aromatic heterocycles. The molecule has 1 aliphatic rings. The van der Waals surface area contributed by atoms with Gasteiger partial charge in [-0.05, 0) is 50.8 Å². The van der Waals surface area contributed by atoms with Gasteiger partial charge in [0.15, 0.2) is 0 Å². The average molecular weight is 347 g/mol. The Morgan fingerprint density at radius 3 is 2.75 bits per heavy atom. The molecular weight excluding hydrogens is 324 g/mol. The lowest BCUT2D eigenvalue weighted by molar-refractivity contribution is 0.120. The van der Waals surface area contributed by atoms with Gasteiger partial charge in [-0.3, -0.25) is 0 Å². The van der Waals surface area contributed by atoms with Crippen molar-refractivity contribution in [3.63, 3.8) is 0 Å². The summed E-state index contributed by atoms with van der Waals surface area (Å²) < 4.78 is 5.62. The van der Waals surface area contributed by atoms with Gasteiger partial charge in [-0.25, -0.2) is 4.98 Å². The maximum atomic E-state index is 6.37. The van der Waals surface area contributed by atoms with Gasteiger partial charge in [0, 0.05) is 24.9 Å². The van der Waals surface area contributed by atoms with Crippen molar-refractivity contribution < 1.29 is 4.74 Å². The average Bonchev–Trinajstić information content (AvgIpc) is 3.02. The number of hydrogen-bond acceptors (Lipinski definition) is 5. The number of nitrogens with zero attached hydrogens (tertiary/aromatic N) is 2. The summed E-state index contributed by atoms with van der Waals surface area (Å²) in [5.74, 6) is 1.33. The molecule has 1 fully saturated rings. The lowest BCUT2D eigenvalue weighted by Gasteiger charge is -2.15. The smallest absolute Gasteiger partial charge is 0.224 e. The Morgan fingerprint density at radius 1 is 1.21 bits per heavy atom. The van der Waals surface area contributed by atoms with E-state index in [9.17, 15) is 0 Å². The molecule has 24 heavy (non-hydrogen) atoms. The van der Waals surface area contributed by atoms with E-state index in [-0.39, 0.29) is 6.10 Å². The molecule has 1 atom stereocenters. The topological polar surface area (TPSA) is 59.1 Å². The van der Waals surface area contributed by atoms with E-state index in [4.69, 9.17) is 16.3 Å². The molecule has 1 unspecified atom stereocenters. The van der Waals surface area contributed by atoms with Crippen LogP contribution in [0.1, 0.15) is 29.7 Å². The molecule has 2 heterocycles. The second-order valence-corrected chi connectivity index (χ2v) is 6.70. The summed E-state index contributed by atoms with van der Waals surface area (Å²) in [5, 5.41) is 7.29. The molecule has 1 saturated heterocycles. The van der Waals surface area contributed by atoms with Crippen molar-refractivity contribution >= 4 is 29.1 Å². The van der Waals surface area contributed by atoms with Crippen LogP contribution >= 0.6 is 11.6 Å². The molecule has 3 rings (SSSR count). The van der Waals surface area contributed by atoms with Crippen LogP contribution in [0.15, 0.2) is 18.2 Å². The lowest BCUT2D eigenvalue weighted by Crippen LogP contribution is -2.20. The van der Waals surface area contributed by atoms with Gasteiger partial charge in [0.25, 0.3) is 0 Å². The molecule has 0 saturated carbocycles. The van der Waals surface area contributed by atoms with Gasteiger partial charge in [0.1, 0.15) is 5.82 Å². The minimum Gasteiger partial charge on any atom is -0.376 e. The number of benzene rings is 1. The monoisotopic (exact) mass is 346 g/mol. The van der Waals surface area contributed by atoms with Crippen LogP contribution in [0.25, 0.3) is 0 Å². The van der Waals surface area contributed by atoms with Crippen LogP contribution in [0.3, 0.4) is 0 Å². The summed E-state index contributed by atoms with van der Waals surface area (Å²) in [6.07, 6.45) is 2.46. The molecule has 0 radical (unpaired) electrons. The number of rotatable bonds is 5. The van der Waals surface area contributed by atoms with Crippen LogP contribution in [0.4, 0.5) is 17.5 Å². The van der Waals surface area contributed by atoms with Gasteiger partial charge in [-0.2, -0.15) is 4.98 Å². The molecule has 128 valence electrons. The number of anilines is 3. The Bertz CT molecular complexity index is 706. The Morgan fingerprint density at radius 2 is 2.04 bits per heavy atom. The van der Waals surface area contributed by atoms with E-state index in [1.165, 1.54) is 0 Å². The molecule has 1 aromatic carbocycles. The lowest BCUT2D eigenvalue weighted by atomic mass is 10.1. The predicted octanol–water partition coefficient (Wildman–Crippen LogP) is 4.39. The predicted molar refractivity (Wildman–Crippen MR) is 98.4 cm³/mol. The van der Waals surface area contributed by atoms with Gasteiger partial charge in [0.05, 0.1) is 16.8 Å². The van der Waals surface area contributed by atoms with E-state index in [1.54, 1.807) is 0 Å². The first kappa shape index (κ1) is 17.0. The minimum atomic E-state index is 0.249. The van der Waals surface area contributed by atoms with Crippen molar-refractivity contribution in [2.45, 2.75) is 39.7 Å². The highest BCUT2D eigenvalue weighted by molar-refractivity contribution is 6.33. The normalized spacial score (nSPS) is 17.1. The van der Waals surface area contributed by atoms with E-state index in [2.05, 4.69) is 26.7 Å². The fraction of sp³-hybridized carbons (Fsp3) is 0.444. The third-order valence-electron chi connectivity index (χ3n) is 4.05. The molecule has 2 aromatic rings. The second kappa shape index (κ2) is 7.36. The van der Waals surface area contributed by atoms with Crippen LogP contribution < -0.4 is 10.6 Å². The van der Waals surface area contributed by atoms with E-state index < -0.39 is 0 Å². The Kier molecular flexibility index (Phi) is 5.21. The molecule has 0 aliphatic carbocycles. The first-order valence-electron chi connectivity index (χ1n) is 8.26. The van der Waals surface area contributed by atoms with Crippen LogP contribution in [0, 0.1) is 20.8 Å². The molecule has 5 nitrogen and oxygen atoms in total. The summed E-state index contributed by atoms with van der Waals surface area (Å²) in [6.45, 7) is 7.59. The van der Waals surface area contributed by atoms with Crippen molar-refractivity contribution in [1.29, 1.82) is 0 Å². The number of nitrogens with one attached hydrogen (secondary N) is 2. The van der Waals surface area contributed by atoms with E-state index >= 15 is 0 Å². The number of halogens is 1. The standard InChI is InChI=1S/C18H23ClN4O/c1-11-7-12(2)17(15(19)8-11)22-16-9-13(3)21-18(23-16)20-10-14-5-4-6-24-14/h7-9,14H,4-6,10H2,1-3H3,(H2,20,21,22,23). The van der Waals surface area contributed by atoms with Crippen molar-refractivity contribution in [2.75, 3.05) is 23.8 Å². The van der Waals surface area contributed by atoms with Gasteiger partial charge in [-0.15, -0.1) is 0 Å². The van der Waals surface area contributed by atoms with Crippen molar-refractivity contribution in [1.82, 2.24) is 9.97 Å². The van der Waals surface area contributed by atoms with Crippen LogP contribution in [0.5, 0.6) is 0 Å². The zero-order valence-electron chi connectivity index (χ0n) is 14.3. The zero-order chi connectivity index (χ0) is 17.1.